The molecular formula is C12H22N2. The van der Waals surface area contributed by atoms with Gasteiger partial charge in [0.15, 0.2) is 0 Å². The number of rotatable bonds is 1. The van der Waals surface area contributed by atoms with Gasteiger partial charge in [0.05, 0.1) is 0 Å². The Hall–Kier alpha value is -0.790. The van der Waals surface area contributed by atoms with Crippen LogP contribution in [0, 0.1) is 5.92 Å². The van der Waals surface area contributed by atoms with E-state index in [-0.39, 0.29) is 0 Å². The number of fused-ring (bicyclic) bond motifs is 1. The zero-order valence-corrected chi connectivity index (χ0v) is 9.88. The Morgan fingerprint density at radius 3 is 2.86 bits per heavy atom. The van der Waals surface area contributed by atoms with Gasteiger partial charge in [-0.2, -0.15) is 0 Å². The SMILES string of the molecule is CC.CCc1ncc2n1CCC(C)C2. The van der Waals surface area contributed by atoms with Crippen molar-refractivity contribution in [3.63, 3.8) is 0 Å². The normalized spacial score (nSPS) is 19.6. The second kappa shape index (κ2) is 5.18. The highest BCUT2D eigenvalue weighted by atomic mass is 15.1. The summed E-state index contributed by atoms with van der Waals surface area (Å²) in [5.41, 5.74) is 1.44. The molecule has 80 valence electrons. The maximum Gasteiger partial charge on any atom is 0.108 e. The lowest BCUT2D eigenvalue weighted by Crippen LogP contribution is -2.18. The summed E-state index contributed by atoms with van der Waals surface area (Å²) in [4.78, 5) is 4.41. The molecule has 0 saturated heterocycles. The van der Waals surface area contributed by atoms with Crippen molar-refractivity contribution in [2.24, 2.45) is 5.92 Å². The number of hydrogen-bond acceptors (Lipinski definition) is 1. The predicted octanol–water partition coefficient (Wildman–Crippen LogP) is 3.05. The monoisotopic (exact) mass is 194 g/mol. The van der Waals surface area contributed by atoms with Gasteiger partial charge in [0, 0.05) is 24.9 Å². The van der Waals surface area contributed by atoms with Crippen LogP contribution in [0.1, 0.15) is 45.6 Å². The van der Waals surface area contributed by atoms with Gasteiger partial charge in [0.2, 0.25) is 0 Å². The fourth-order valence-corrected chi connectivity index (χ4v) is 1.98. The molecule has 0 radical (unpaired) electrons. The number of aryl methyl sites for hydroxylation is 1. The first-order valence-electron chi connectivity index (χ1n) is 5.84. The first-order valence-corrected chi connectivity index (χ1v) is 5.84. The van der Waals surface area contributed by atoms with Crippen molar-refractivity contribution >= 4 is 0 Å². The van der Waals surface area contributed by atoms with Crippen LogP contribution in [0.15, 0.2) is 6.20 Å². The van der Waals surface area contributed by atoms with Crippen LogP contribution in [0.4, 0.5) is 0 Å². The van der Waals surface area contributed by atoms with Crippen LogP contribution in [0.5, 0.6) is 0 Å². The molecule has 0 N–H and O–H groups in total. The molecule has 1 aliphatic rings. The zero-order valence-electron chi connectivity index (χ0n) is 9.88. The molecule has 0 amide bonds. The maximum absolute atomic E-state index is 4.41. The molecular weight excluding hydrogens is 172 g/mol. The van der Waals surface area contributed by atoms with Crippen molar-refractivity contribution in [1.82, 2.24) is 9.55 Å². The van der Waals surface area contributed by atoms with E-state index >= 15 is 0 Å². The highest BCUT2D eigenvalue weighted by Crippen LogP contribution is 2.21. The molecule has 1 aromatic rings. The Kier molecular flexibility index (Phi) is 4.18. The van der Waals surface area contributed by atoms with Gasteiger partial charge in [-0.25, -0.2) is 4.98 Å². The first-order chi connectivity index (χ1) is 6.81. The number of nitrogens with zero attached hydrogens (tertiary/aromatic N) is 2. The third-order valence-corrected chi connectivity index (χ3v) is 2.74. The Bertz CT molecular complexity index is 276. The minimum absolute atomic E-state index is 0.846. The summed E-state index contributed by atoms with van der Waals surface area (Å²) in [6.45, 7) is 9.68. The zero-order chi connectivity index (χ0) is 10.6. The minimum Gasteiger partial charge on any atom is -0.332 e. The summed E-state index contributed by atoms with van der Waals surface area (Å²) in [5, 5.41) is 0. The van der Waals surface area contributed by atoms with Crippen LogP contribution >= 0.6 is 0 Å². The Morgan fingerprint density at radius 2 is 2.21 bits per heavy atom. The number of imidazole rings is 1. The van der Waals surface area contributed by atoms with E-state index in [4.69, 9.17) is 0 Å². The van der Waals surface area contributed by atoms with Crippen LogP contribution in [-0.4, -0.2) is 9.55 Å². The summed E-state index contributed by atoms with van der Waals surface area (Å²) in [6, 6.07) is 0. The molecule has 14 heavy (non-hydrogen) atoms. The Labute approximate surface area is 87.4 Å². The third-order valence-electron chi connectivity index (χ3n) is 2.74. The van der Waals surface area contributed by atoms with Gasteiger partial charge in [-0.15, -0.1) is 0 Å². The fourth-order valence-electron chi connectivity index (χ4n) is 1.98. The van der Waals surface area contributed by atoms with E-state index in [1.165, 1.54) is 30.9 Å². The van der Waals surface area contributed by atoms with Gasteiger partial charge in [-0.1, -0.05) is 27.7 Å². The summed E-state index contributed by atoms with van der Waals surface area (Å²) < 4.78 is 2.39. The van der Waals surface area contributed by atoms with Gasteiger partial charge in [-0.3, -0.25) is 0 Å². The van der Waals surface area contributed by atoms with Crippen molar-refractivity contribution in [2.75, 3.05) is 0 Å². The van der Waals surface area contributed by atoms with Crippen molar-refractivity contribution < 1.29 is 0 Å². The molecule has 2 rings (SSSR count). The van der Waals surface area contributed by atoms with Crippen molar-refractivity contribution in [3.8, 4) is 0 Å². The number of aromatic nitrogens is 2. The lowest BCUT2D eigenvalue weighted by molar-refractivity contribution is 0.409. The lowest BCUT2D eigenvalue weighted by atomic mass is 9.99. The Balaban J connectivity index is 0.000000461. The molecule has 2 heterocycles. The summed E-state index contributed by atoms with van der Waals surface area (Å²) in [6.07, 6.45) is 5.65. The summed E-state index contributed by atoms with van der Waals surface area (Å²) >= 11 is 0. The molecule has 0 aromatic carbocycles. The van der Waals surface area contributed by atoms with Crippen LogP contribution in [0.25, 0.3) is 0 Å². The molecule has 0 aliphatic carbocycles. The van der Waals surface area contributed by atoms with E-state index < -0.39 is 0 Å². The van der Waals surface area contributed by atoms with Crippen molar-refractivity contribution in [3.05, 3.63) is 17.7 Å². The second-order valence-corrected chi connectivity index (χ2v) is 3.77. The molecule has 1 aliphatic heterocycles. The van der Waals surface area contributed by atoms with Crippen LogP contribution in [-0.2, 0) is 19.4 Å². The average Bonchev–Trinajstić information content (AvgIpc) is 2.62. The lowest BCUT2D eigenvalue weighted by Gasteiger charge is -2.21. The average molecular weight is 194 g/mol. The van der Waals surface area contributed by atoms with Crippen molar-refractivity contribution in [1.29, 1.82) is 0 Å². The van der Waals surface area contributed by atoms with E-state index in [0.717, 1.165) is 12.3 Å². The quantitative estimate of drug-likeness (QED) is 0.672. The predicted molar refractivity (Wildman–Crippen MR) is 60.4 cm³/mol. The molecule has 1 aromatic heterocycles. The Morgan fingerprint density at radius 1 is 1.50 bits per heavy atom. The summed E-state index contributed by atoms with van der Waals surface area (Å²) in [5.74, 6) is 2.11. The van der Waals surface area contributed by atoms with Gasteiger partial charge in [0.1, 0.15) is 5.82 Å². The minimum atomic E-state index is 0.846. The van der Waals surface area contributed by atoms with Crippen LogP contribution in [0.2, 0.25) is 0 Å². The van der Waals surface area contributed by atoms with E-state index in [1.807, 2.05) is 13.8 Å². The summed E-state index contributed by atoms with van der Waals surface area (Å²) in [7, 11) is 0. The maximum atomic E-state index is 4.41. The highest BCUT2D eigenvalue weighted by Gasteiger charge is 2.16. The van der Waals surface area contributed by atoms with E-state index in [2.05, 4.69) is 29.6 Å². The van der Waals surface area contributed by atoms with E-state index in [0.29, 0.717) is 0 Å². The number of hydrogen-bond donors (Lipinski definition) is 0. The topological polar surface area (TPSA) is 17.8 Å². The molecule has 1 unspecified atom stereocenters. The van der Waals surface area contributed by atoms with Gasteiger partial charge in [-0.05, 0) is 18.8 Å². The van der Waals surface area contributed by atoms with E-state index in [1.54, 1.807) is 0 Å². The molecule has 2 nitrogen and oxygen atoms in total. The van der Waals surface area contributed by atoms with Gasteiger partial charge < -0.3 is 4.57 Å². The smallest absolute Gasteiger partial charge is 0.108 e. The van der Waals surface area contributed by atoms with Crippen molar-refractivity contribution in [2.45, 2.75) is 53.5 Å². The molecule has 2 heteroatoms. The van der Waals surface area contributed by atoms with Crippen LogP contribution in [0.3, 0.4) is 0 Å². The highest BCUT2D eigenvalue weighted by molar-refractivity contribution is 5.08. The van der Waals surface area contributed by atoms with Crippen LogP contribution < -0.4 is 0 Å². The molecule has 0 fully saturated rings. The van der Waals surface area contributed by atoms with Gasteiger partial charge >= 0.3 is 0 Å². The molecule has 1 atom stereocenters. The standard InChI is InChI=1S/C10H16N2.C2H6/c1-3-10-11-7-9-6-8(2)4-5-12(9)10;1-2/h7-8H,3-6H2,1-2H3;1-2H3. The van der Waals surface area contributed by atoms with E-state index in [9.17, 15) is 0 Å². The molecule has 0 spiro atoms. The van der Waals surface area contributed by atoms with Gasteiger partial charge in [0.25, 0.3) is 0 Å². The fraction of sp³-hybridized carbons (Fsp3) is 0.750. The second-order valence-electron chi connectivity index (χ2n) is 3.77. The molecule has 0 bridgehead atoms. The largest absolute Gasteiger partial charge is 0.332 e. The third kappa shape index (κ3) is 2.17. The molecule has 0 saturated carbocycles. The first kappa shape index (κ1) is 11.3.